The Bertz CT molecular complexity index is 1110. The van der Waals surface area contributed by atoms with Gasteiger partial charge >= 0.3 is 12.1 Å². The summed E-state index contributed by atoms with van der Waals surface area (Å²) in [5.41, 5.74) is 1.44. The minimum atomic E-state index is -4.32. The van der Waals surface area contributed by atoms with E-state index in [1.54, 1.807) is 23.9 Å². The van der Waals surface area contributed by atoms with E-state index >= 15 is 0 Å². The summed E-state index contributed by atoms with van der Waals surface area (Å²) in [6.07, 6.45) is -0.746. The van der Waals surface area contributed by atoms with Crippen LogP contribution in [0.25, 0.3) is 10.1 Å². The molecule has 0 N–H and O–H groups in total. The normalized spacial score (nSPS) is 11.7. The fourth-order valence-electron chi connectivity index (χ4n) is 3.53. The first kappa shape index (κ1) is 25.4. The van der Waals surface area contributed by atoms with Gasteiger partial charge in [-0.15, -0.1) is 23.1 Å². The summed E-state index contributed by atoms with van der Waals surface area (Å²) in [6, 6.07) is 9.76. The van der Waals surface area contributed by atoms with E-state index in [0.717, 1.165) is 46.4 Å². The number of thioether (sulfide) groups is 1. The first-order valence-corrected chi connectivity index (χ1v) is 12.8. The first-order chi connectivity index (χ1) is 15.7. The highest BCUT2D eigenvalue weighted by molar-refractivity contribution is 7.99. The molecule has 0 bridgehead atoms. The van der Waals surface area contributed by atoms with Crippen molar-refractivity contribution in [2.24, 2.45) is 0 Å². The summed E-state index contributed by atoms with van der Waals surface area (Å²) < 4.78 is 39.9. The minimum Gasteiger partial charge on any atom is -0.287 e. The van der Waals surface area contributed by atoms with E-state index in [2.05, 4.69) is 0 Å². The maximum Gasteiger partial charge on any atom is 0.416 e. The van der Waals surface area contributed by atoms with Crippen LogP contribution in [0, 0.1) is 6.92 Å². The average molecular weight is 497 g/mol. The second kappa shape index (κ2) is 11.3. The van der Waals surface area contributed by atoms with Crippen molar-refractivity contribution in [2.75, 3.05) is 5.75 Å². The highest BCUT2D eigenvalue weighted by Crippen LogP contribution is 2.38. The summed E-state index contributed by atoms with van der Waals surface area (Å²) >= 11 is 3.19. The molecule has 0 fully saturated rings. The van der Waals surface area contributed by atoms with Crippen molar-refractivity contribution in [2.45, 2.75) is 63.9 Å². The lowest BCUT2D eigenvalue weighted by Crippen LogP contribution is -2.07. The Morgan fingerprint density at radius 1 is 1.12 bits per heavy atom. The predicted octanol–water partition coefficient (Wildman–Crippen LogP) is 8.15. The smallest absolute Gasteiger partial charge is 0.287 e. The van der Waals surface area contributed by atoms with E-state index in [-0.39, 0.29) is 0 Å². The Balaban J connectivity index is 1.57. The molecule has 0 aliphatic carbocycles. The molecular formula is C25H27F3O3S2. The van der Waals surface area contributed by atoms with E-state index in [1.165, 1.54) is 28.3 Å². The topological polar surface area (TPSA) is 35.5 Å². The number of alkyl halides is 3. The Morgan fingerprint density at radius 3 is 2.58 bits per heavy atom. The molecule has 0 atom stereocenters. The van der Waals surface area contributed by atoms with Crippen molar-refractivity contribution < 1.29 is 27.7 Å². The zero-order chi connectivity index (χ0) is 24.0. The molecule has 2 aromatic carbocycles. The van der Waals surface area contributed by atoms with Crippen LogP contribution in [-0.4, -0.2) is 11.7 Å². The molecule has 3 nitrogen and oxygen atoms in total. The molecule has 0 spiro atoms. The molecule has 8 heteroatoms. The van der Waals surface area contributed by atoms with Gasteiger partial charge in [0.2, 0.25) is 0 Å². The fraction of sp³-hybridized carbons (Fsp3) is 0.400. The van der Waals surface area contributed by atoms with Crippen LogP contribution in [0.5, 0.6) is 5.75 Å². The summed E-state index contributed by atoms with van der Waals surface area (Å²) in [7, 11) is 0. The molecule has 1 aromatic heterocycles. The van der Waals surface area contributed by atoms with E-state index in [4.69, 9.17) is 9.78 Å². The zero-order valence-corrected chi connectivity index (χ0v) is 20.5. The molecule has 0 saturated carbocycles. The molecule has 3 rings (SSSR count). The summed E-state index contributed by atoms with van der Waals surface area (Å²) in [5, 5.41) is 0.934. The third kappa shape index (κ3) is 6.67. The highest BCUT2D eigenvalue weighted by atomic mass is 32.2. The number of fused-ring (bicyclic) bond motifs is 1. The Morgan fingerprint density at radius 2 is 1.91 bits per heavy atom. The molecule has 0 aliphatic heterocycles. The van der Waals surface area contributed by atoms with Crippen molar-refractivity contribution >= 4 is 39.2 Å². The van der Waals surface area contributed by atoms with Gasteiger partial charge in [0.15, 0.2) is 5.75 Å². The van der Waals surface area contributed by atoms with Crippen molar-refractivity contribution in [3.8, 4) is 5.75 Å². The third-order valence-corrected chi connectivity index (χ3v) is 7.53. The molecule has 178 valence electrons. The maximum absolute atomic E-state index is 13.0. The van der Waals surface area contributed by atoms with Crippen molar-refractivity contribution in [3.63, 3.8) is 0 Å². The Labute approximate surface area is 200 Å². The zero-order valence-electron chi connectivity index (χ0n) is 18.9. The van der Waals surface area contributed by atoms with Crippen LogP contribution in [0.4, 0.5) is 13.2 Å². The number of hydrogen-bond acceptors (Lipinski definition) is 5. The molecular weight excluding hydrogens is 469 g/mol. The van der Waals surface area contributed by atoms with Crippen LogP contribution in [0.1, 0.15) is 54.7 Å². The van der Waals surface area contributed by atoms with Crippen LogP contribution < -0.4 is 4.89 Å². The van der Waals surface area contributed by atoms with Crippen molar-refractivity contribution in [1.82, 2.24) is 0 Å². The van der Waals surface area contributed by atoms with Gasteiger partial charge in [0.1, 0.15) is 0 Å². The fourth-order valence-corrected chi connectivity index (χ4v) is 5.86. The number of aryl methyl sites for hydroxylation is 3. The Hall–Kier alpha value is -2.19. The lowest BCUT2D eigenvalue weighted by molar-refractivity contribution is -0.214. The number of benzene rings is 2. The largest absolute Gasteiger partial charge is 0.416 e. The molecule has 0 amide bonds. The van der Waals surface area contributed by atoms with Gasteiger partial charge < -0.3 is 0 Å². The number of hydrogen-bond donors (Lipinski definition) is 0. The minimum absolute atomic E-state index is 0.315. The average Bonchev–Trinajstić information content (AvgIpc) is 3.12. The number of halogens is 3. The highest BCUT2D eigenvalue weighted by Gasteiger charge is 2.31. The number of rotatable bonds is 10. The lowest BCUT2D eigenvalue weighted by atomic mass is 10.0. The van der Waals surface area contributed by atoms with Crippen LogP contribution >= 0.6 is 23.1 Å². The van der Waals surface area contributed by atoms with Gasteiger partial charge in [0.25, 0.3) is 0 Å². The molecule has 3 aromatic rings. The summed E-state index contributed by atoms with van der Waals surface area (Å²) in [6.45, 7) is 5.84. The van der Waals surface area contributed by atoms with Crippen molar-refractivity contribution in [3.05, 3.63) is 58.0 Å². The molecule has 0 unspecified atom stereocenters. The maximum atomic E-state index is 13.0. The van der Waals surface area contributed by atoms with E-state index < -0.39 is 17.7 Å². The molecule has 0 saturated heterocycles. The van der Waals surface area contributed by atoms with Crippen molar-refractivity contribution in [1.29, 1.82) is 0 Å². The summed E-state index contributed by atoms with van der Waals surface area (Å²) in [4.78, 5) is 23.6. The van der Waals surface area contributed by atoms with Gasteiger partial charge in [-0.1, -0.05) is 19.9 Å². The SMILES string of the molecule is CCCC(=O)OOc1ccc(SCCCc2sc3cc(C(F)(F)F)ccc3c2CC)cc1C. The van der Waals surface area contributed by atoms with E-state index in [1.807, 2.05) is 32.9 Å². The van der Waals surface area contributed by atoms with Gasteiger partial charge in [-0.05, 0) is 85.2 Å². The second-order valence-electron chi connectivity index (χ2n) is 7.73. The predicted molar refractivity (Wildman–Crippen MR) is 128 cm³/mol. The van der Waals surface area contributed by atoms with E-state index in [9.17, 15) is 18.0 Å². The third-order valence-electron chi connectivity index (χ3n) is 5.20. The van der Waals surface area contributed by atoms with Gasteiger partial charge in [-0.25, -0.2) is 4.79 Å². The van der Waals surface area contributed by atoms with Crippen LogP contribution in [0.2, 0.25) is 0 Å². The van der Waals surface area contributed by atoms with Crippen LogP contribution in [0.15, 0.2) is 41.3 Å². The van der Waals surface area contributed by atoms with Gasteiger partial charge in [0.05, 0.1) is 5.56 Å². The quantitative estimate of drug-likeness (QED) is 0.123. The first-order valence-electron chi connectivity index (χ1n) is 10.9. The Kier molecular flexibility index (Phi) is 8.70. The monoisotopic (exact) mass is 496 g/mol. The van der Waals surface area contributed by atoms with Crippen LogP contribution in [0.3, 0.4) is 0 Å². The van der Waals surface area contributed by atoms with Gasteiger partial charge in [-0.2, -0.15) is 13.2 Å². The second-order valence-corrected chi connectivity index (χ2v) is 10.0. The standard InChI is InChI=1S/C25H27F3O3S2/c1-4-7-24(29)31-30-21-12-10-18(14-16(21)3)32-13-6-8-22-19(5-2)20-11-9-17(25(26,27)28)15-23(20)33-22/h9-12,14-15H,4-8,13H2,1-3H3. The number of carbonyl (C=O) groups excluding carboxylic acids is 1. The molecule has 0 radical (unpaired) electrons. The van der Waals surface area contributed by atoms with Gasteiger partial charge in [0, 0.05) is 20.9 Å². The summed E-state index contributed by atoms with van der Waals surface area (Å²) in [5.74, 6) is 1.01. The van der Waals surface area contributed by atoms with E-state index in [0.29, 0.717) is 23.3 Å². The lowest BCUT2D eigenvalue weighted by Gasteiger charge is -2.09. The molecule has 0 aliphatic rings. The number of thiophene rings is 1. The molecule has 33 heavy (non-hydrogen) atoms. The number of carbonyl (C=O) groups is 1. The van der Waals surface area contributed by atoms with Crippen LogP contribution in [-0.2, 0) is 28.7 Å². The van der Waals surface area contributed by atoms with Gasteiger partial charge in [-0.3, -0.25) is 9.78 Å². The molecule has 1 heterocycles.